The molecule has 0 fully saturated rings. The zero-order valence-electron chi connectivity index (χ0n) is 9.12. The maximum atomic E-state index is 5.05. The molecular formula is C11H20N2O. The average molecular weight is 196 g/mol. The molecule has 0 aliphatic carbocycles. The molecule has 0 aliphatic rings. The molecule has 0 unspecified atom stereocenters. The molecule has 0 aliphatic heterocycles. The summed E-state index contributed by atoms with van der Waals surface area (Å²) < 4.78 is 7.28. The van der Waals surface area contributed by atoms with Crippen LogP contribution in [-0.2, 0) is 17.8 Å². The molecule has 1 aromatic heterocycles. The molecule has 1 N–H and O–H groups in total. The minimum absolute atomic E-state index is 0.773. The van der Waals surface area contributed by atoms with E-state index in [2.05, 4.69) is 35.1 Å². The van der Waals surface area contributed by atoms with Crippen LogP contribution in [0.2, 0.25) is 0 Å². The van der Waals surface area contributed by atoms with E-state index >= 15 is 0 Å². The van der Waals surface area contributed by atoms with Gasteiger partial charge in [0.2, 0.25) is 0 Å². The van der Waals surface area contributed by atoms with E-state index in [0.29, 0.717) is 0 Å². The second kappa shape index (κ2) is 6.62. The van der Waals surface area contributed by atoms with E-state index in [1.54, 1.807) is 7.11 Å². The van der Waals surface area contributed by atoms with E-state index in [9.17, 15) is 0 Å². The second-order valence-electron chi connectivity index (χ2n) is 3.36. The maximum absolute atomic E-state index is 5.05. The van der Waals surface area contributed by atoms with Crippen molar-refractivity contribution in [1.82, 2.24) is 9.88 Å². The lowest BCUT2D eigenvalue weighted by atomic mass is 10.4. The Balaban J connectivity index is 2.37. The van der Waals surface area contributed by atoms with Gasteiger partial charge in [-0.25, -0.2) is 0 Å². The Hall–Kier alpha value is -0.800. The monoisotopic (exact) mass is 196 g/mol. The topological polar surface area (TPSA) is 26.2 Å². The van der Waals surface area contributed by atoms with Crippen molar-refractivity contribution in [2.75, 3.05) is 20.3 Å². The fraction of sp³-hybridized carbons (Fsp3) is 0.636. The minimum Gasteiger partial charge on any atom is -0.383 e. The Labute approximate surface area is 86.1 Å². The Kier molecular flexibility index (Phi) is 5.33. The van der Waals surface area contributed by atoms with Crippen LogP contribution in [0.1, 0.15) is 19.0 Å². The van der Waals surface area contributed by atoms with Crippen LogP contribution in [0.5, 0.6) is 0 Å². The van der Waals surface area contributed by atoms with Crippen molar-refractivity contribution >= 4 is 0 Å². The molecular weight excluding hydrogens is 176 g/mol. The highest BCUT2D eigenvalue weighted by Gasteiger charge is 1.98. The van der Waals surface area contributed by atoms with Crippen molar-refractivity contribution in [1.29, 1.82) is 0 Å². The van der Waals surface area contributed by atoms with Crippen molar-refractivity contribution < 1.29 is 4.74 Å². The first-order valence-corrected chi connectivity index (χ1v) is 5.22. The number of hydrogen-bond donors (Lipinski definition) is 1. The molecule has 14 heavy (non-hydrogen) atoms. The maximum Gasteiger partial charge on any atom is 0.0641 e. The van der Waals surface area contributed by atoms with Crippen molar-refractivity contribution in [3.63, 3.8) is 0 Å². The molecule has 0 saturated heterocycles. The van der Waals surface area contributed by atoms with Gasteiger partial charge in [0, 0.05) is 32.1 Å². The Morgan fingerprint density at radius 3 is 3.07 bits per heavy atom. The lowest BCUT2D eigenvalue weighted by Gasteiger charge is -2.09. The molecule has 0 spiro atoms. The van der Waals surface area contributed by atoms with E-state index in [1.807, 2.05) is 0 Å². The predicted molar refractivity (Wildman–Crippen MR) is 58.3 cm³/mol. The molecule has 80 valence electrons. The summed E-state index contributed by atoms with van der Waals surface area (Å²) in [6, 6.07) is 4.23. The number of aromatic nitrogens is 1. The van der Waals surface area contributed by atoms with Gasteiger partial charge in [-0.1, -0.05) is 6.92 Å². The van der Waals surface area contributed by atoms with Crippen LogP contribution in [0.3, 0.4) is 0 Å². The third-order valence-electron chi connectivity index (χ3n) is 2.19. The second-order valence-corrected chi connectivity index (χ2v) is 3.36. The first-order valence-electron chi connectivity index (χ1n) is 5.22. The van der Waals surface area contributed by atoms with Gasteiger partial charge in [-0.3, -0.25) is 0 Å². The molecule has 0 aromatic carbocycles. The Morgan fingerprint density at radius 2 is 2.36 bits per heavy atom. The summed E-state index contributed by atoms with van der Waals surface area (Å²) in [6.45, 7) is 5.92. The fourth-order valence-electron chi connectivity index (χ4n) is 1.41. The van der Waals surface area contributed by atoms with Crippen molar-refractivity contribution in [2.45, 2.75) is 26.4 Å². The number of rotatable bonds is 7. The largest absolute Gasteiger partial charge is 0.383 e. The van der Waals surface area contributed by atoms with Crippen molar-refractivity contribution in [3.05, 3.63) is 24.0 Å². The summed E-state index contributed by atoms with van der Waals surface area (Å²) in [7, 11) is 1.73. The van der Waals surface area contributed by atoms with Crippen LogP contribution in [0.25, 0.3) is 0 Å². The summed E-state index contributed by atoms with van der Waals surface area (Å²) in [5.74, 6) is 0. The highest BCUT2D eigenvalue weighted by atomic mass is 16.5. The molecule has 0 atom stereocenters. The normalized spacial score (nSPS) is 10.7. The van der Waals surface area contributed by atoms with E-state index < -0.39 is 0 Å². The molecule has 0 saturated carbocycles. The molecule has 3 heteroatoms. The van der Waals surface area contributed by atoms with Gasteiger partial charge < -0.3 is 14.6 Å². The van der Waals surface area contributed by atoms with Crippen LogP contribution >= 0.6 is 0 Å². The van der Waals surface area contributed by atoms with Gasteiger partial charge >= 0.3 is 0 Å². The van der Waals surface area contributed by atoms with E-state index in [0.717, 1.165) is 26.2 Å². The fourth-order valence-corrected chi connectivity index (χ4v) is 1.41. The summed E-state index contributed by atoms with van der Waals surface area (Å²) in [6.07, 6.45) is 3.28. The van der Waals surface area contributed by atoms with Gasteiger partial charge in [0.15, 0.2) is 0 Å². The summed E-state index contributed by atoms with van der Waals surface area (Å²) in [4.78, 5) is 0. The molecule has 3 nitrogen and oxygen atoms in total. The standard InChI is InChI=1S/C11H20N2O/c1-3-6-12-10-11-5-4-7-13(11)8-9-14-2/h4-5,7,12H,3,6,8-10H2,1-2H3. The lowest BCUT2D eigenvalue weighted by Crippen LogP contribution is -2.17. The minimum atomic E-state index is 0.773. The van der Waals surface area contributed by atoms with Gasteiger partial charge in [-0.05, 0) is 25.1 Å². The highest BCUT2D eigenvalue weighted by molar-refractivity contribution is 5.06. The van der Waals surface area contributed by atoms with Gasteiger partial charge in [-0.15, -0.1) is 0 Å². The molecule has 1 heterocycles. The Morgan fingerprint density at radius 1 is 1.50 bits per heavy atom. The average Bonchev–Trinajstić information content (AvgIpc) is 2.63. The highest BCUT2D eigenvalue weighted by Crippen LogP contribution is 2.01. The van der Waals surface area contributed by atoms with Gasteiger partial charge in [-0.2, -0.15) is 0 Å². The number of hydrogen-bond acceptors (Lipinski definition) is 2. The van der Waals surface area contributed by atoms with Gasteiger partial charge in [0.05, 0.1) is 6.61 Å². The van der Waals surface area contributed by atoms with Crippen molar-refractivity contribution in [3.8, 4) is 0 Å². The van der Waals surface area contributed by atoms with E-state index in [1.165, 1.54) is 12.1 Å². The quantitative estimate of drug-likeness (QED) is 0.671. The summed E-state index contributed by atoms with van der Waals surface area (Å²) in [5.41, 5.74) is 1.33. The molecule has 1 rings (SSSR count). The first-order chi connectivity index (χ1) is 6.88. The van der Waals surface area contributed by atoms with Crippen molar-refractivity contribution in [2.24, 2.45) is 0 Å². The van der Waals surface area contributed by atoms with Crippen LogP contribution in [0.15, 0.2) is 18.3 Å². The van der Waals surface area contributed by atoms with Crippen LogP contribution in [0.4, 0.5) is 0 Å². The van der Waals surface area contributed by atoms with Crippen LogP contribution < -0.4 is 5.32 Å². The number of methoxy groups -OCH3 is 1. The molecule has 0 amide bonds. The van der Waals surface area contributed by atoms with Crippen LogP contribution in [-0.4, -0.2) is 24.8 Å². The van der Waals surface area contributed by atoms with Gasteiger partial charge in [0.25, 0.3) is 0 Å². The third kappa shape index (κ3) is 3.52. The Bertz CT molecular complexity index is 245. The summed E-state index contributed by atoms with van der Waals surface area (Å²) >= 11 is 0. The molecule has 0 bridgehead atoms. The van der Waals surface area contributed by atoms with Gasteiger partial charge in [0.1, 0.15) is 0 Å². The number of nitrogens with zero attached hydrogens (tertiary/aromatic N) is 1. The predicted octanol–water partition coefficient (Wildman–Crippen LogP) is 1.63. The zero-order valence-corrected chi connectivity index (χ0v) is 9.12. The number of nitrogens with one attached hydrogen (secondary N) is 1. The SMILES string of the molecule is CCCNCc1cccn1CCOC. The van der Waals surface area contributed by atoms with E-state index in [-0.39, 0.29) is 0 Å². The molecule has 1 aromatic rings. The van der Waals surface area contributed by atoms with Crippen LogP contribution in [0, 0.1) is 0 Å². The zero-order chi connectivity index (χ0) is 10.2. The summed E-state index contributed by atoms with van der Waals surface area (Å²) in [5, 5.41) is 3.39. The third-order valence-corrected chi connectivity index (χ3v) is 2.19. The smallest absolute Gasteiger partial charge is 0.0641 e. The lowest BCUT2D eigenvalue weighted by molar-refractivity contribution is 0.186. The molecule has 0 radical (unpaired) electrons. The number of ether oxygens (including phenoxy) is 1. The first kappa shape index (κ1) is 11.3. The van der Waals surface area contributed by atoms with E-state index in [4.69, 9.17) is 4.74 Å².